The summed E-state index contributed by atoms with van der Waals surface area (Å²) < 4.78 is 5.00. The molecule has 0 radical (unpaired) electrons. The lowest BCUT2D eigenvalue weighted by Gasteiger charge is -2.23. The highest BCUT2D eigenvalue weighted by Crippen LogP contribution is 2.31. The molecule has 1 N–H and O–H groups in total. The van der Waals surface area contributed by atoms with Crippen molar-refractivity contribution in [1.29, 1.82) is 0 Å². The van der Waals surface area contributed by atoms with Crippen molar-refractivity contribution in [3.63, 3.8) is 0 Å². The molecule has 0 spiro atoms. The molecule has 20 heavy (non-hydrogen) atoms. The summed E-state index contributed by atoms with van der Waals surface area (Å²) in [4.78, 5) is 14.5. The largest absolute Gasteiger partial charge is 0.504 e. The molecule has 1 aliphatic rings. The monoisotopic (exact) mass is 277 g/mol. The Morgan fingerprint density at radius 1 is 1.45 bits per heavy atom. The number of carbonyl (C=O) groups excluding carboxylic acids is 1. The molecule has 1 fully saturated rings. The summed E-state index contributed by atoms with van der Waals surface area (Å²) in [7, 11) is 1.50. The van der Waals surface area contributed by atoms with E-state index in [1.54, 1.807) is 12.1 Å². The van der Waals surface area contributed by atoms with Crippen LogP contribution in [0.1, 0.15) is 43.5 Å². The Morgan fingerprint density at radius 3 is 2.65 bits per heavy atom. The van der Waals surface area contributed by atoms with Crippen LogP contribution < -0.4 is 4.74 Å². The van der Waals surface area contributed by atoms with Gasteiger partial charge in [0.15, 0.2) is 11.5 Å². The first-order chi connectivity index (χ1) is 9.52. The molecular weight excluding hydrogens is 254 g/mol. The topological polar surface area (TPSA) is 49.8 Å². The Bertz CT molecular complexity index is 481. The second-order valence-electron chi connectivity index (χ2n) is 5.80. The van der Waals surface area contributed by atoms with Gasteiger partial charge < -0.3 is 14.7 Å². The molecule has 0 aliphatic heterocycles. The van der Waals surface area contributed by atoms with E-state index in [4.69, 9.17) is 4.74 Å². The minimum Gasteiger partial charge on any atom is -0.504 e. The Morgan fingerprint density at radius 2 is 2.15 bits per heavy atom. The van der Waals surface area contributed by atoms with E-state index in [1.165, 1.54) is 13.2 Å². The number of carbonyl (C=O) groups is 1. The van der Waals surface area contributed by atoms with E-state index in [2.05, 4.69) is 13.8 Å². The van der Waals surface area contributed by atoms with Crippen molar-refractivity contribution in [2.45, 2.75) is 39.2 Å². The molecule has 1 aromatic carbocycles. The maximum atomic E-state index is 12.6. The maximum absolute atomic E-state index is 12.6. The van der Waals surface area contributed by atoms with E-state index in [-0.39, 0.29) is 11.7 Å². The minimum absolute atomic E-state index is 0.00565. The van der Waals surface area contributed by atoms with Crippen molar-refractivity contribution in [3.8, 4) is 11.5 Å². The van der Waals surface area contributed by atoms with Crippen LogP contribution in [0.5, 0.6) is 11.5 Å². The summed E-state index contributed by atoms with van der Waals surface area (Å²) in [6.45, 7) is 5.11. The first kappa shape index (κ1) is 14.7. The van der Waals surface area contributed by atoms with Crippen molar-refractivity contribution in [2.75, 3.05) is 13.7 Å². The number of phenolic OH excluding ortho intramolecular Hbond substituents is 1. The van der Waals surface area contributed by atoms with Gasteiger partial charge in [-0.25, -0.2) is 0 Å². The highest BCUT2D eigenvalue weighted by Gasteiger charge is 2.33. The highest BCUT2D eigenvalue weighted by molar-refractivity contribution is 5.95. The summed E-state index contributed by atoms with van der Waals surface area (Å²) >= 11 is 0. The Labute approximate surface area is 120 Å². The second-order valence-corrected chi connectivity index (χ2v) is 5.80. The molecule has 110 valence electrons. The van der Waals surface area contributed by atoms with Crippen LogP contribution >= 0.6 is 0 Å². The van der Waals surface area contributed by atoms with Gasteiger partial charge in [0, 0.05) is 18.2 Å². The average Bonchev–Trinajstić information content (AvgIpc) is 3.23. The predicted molar refractivity (Wildman–Crippen MR) is 78.2 cm³/mol. The number of hydrogen-bond acceptors (Lipinski definition) is 3. The third kappa shape index (κ3) is 3.44. The number of hydrogen-bond donors (Lipinski definition) is 1. The standard InChI is InChI=1S/C16H23NO3/c1-11(2)8-9-17(13-5-6-13)16(19)12-4-7-15(20-3)14(18)10-12/h4,7,10-11,13,18H,5-6,8-9H2,1-3H3. The lowest BCUT2D eigenvalue weighted by molar-refractivity contribution is 0.0735. The molecule has 0 atom stereocenters. The van der Waals surface area contributed by atoms with Crippen molar-refractivity contribution in [3.05, 3.63) is 23.8 Å². The van der Waals surface area contributed by atoms with Gasteiger partial charge in [-0.2, -0.15) is 0 Å². The van der Waals surface area contributed by atoms with Gasteiger partial charge in [0.1, 0.15) is 0 Å². The fraction of sp³-hybridized carbons (Fsp3) is 0.562. The van der Waals surface area contributed by atoms with Crippen LogP contribution in [0.3, 0.4) is 0 Å². The van der Waals surface area contributed by atoms with E-state index in [0.29, 0.717) is 23.3 Å². The molecule has 1 aromatic rings. The average molecular weight is 277 g/mol. The summed E-state index contributed by atoms with van der Waals surface area (Å²) in [5.41, 5.74) is 0.527. The number of benzene rings is 1. The third-order valence-corrected chi connectivity index (χ3v) is 3.62. The SMILES string of the molecule is COc1ccc(C(=O)N(CCC(C)C)C2CC2)cc1O. The van der Waals surface area contributed by atoms with Crippen molar-refractivity contribution >= 4 is 5.91 Å². The number of nitrogens with zero attached hydrogens (tertiary/aromatic N) is 1. The van der Waals surface area contributed by atoms with Crippen LogP contribution in [-0.4, -0.2) is 35.6 Å². The van der Waals surface area contributed by atoms with E-state index in [9.17, 15) is 9.90 Å². The molecule has 0 saturated heterocycles. The Hall–Kier alpha value is -1.71. The number of rotatable bonds is 6. The molecule has 1 saturated carbocycles. The smallest absolute Gasteiger partial charge is 0.254 e. The molecule has 0 unspecified atom stereocenters. The van der Waals surface area contributed by atoms with Crippen LogP contribution in [0.4, 0.5) is 0 Å². The number of aromatic hydroxyl groups is 1. The van der Waals surface area contributed by atoms with Gasteiger partial charge in [-0.3, -0.25) is 4.79 Å². The maximum Gasteiger partial charge on any atom is 0.254 e. The van der Waals surface area contributed by atoms with Crippen molar-refractivity contribution in [2.24, 2.45) is 5.92 Å². The van der Waals surface area contributed by atoms with Crippen molar-refractivity contribution < 1.29 is 14.6 Å². The van der Waals surface area contributed by atoms with Crippen molar-refractivity contribution in [1.82, 2.24) is 4.90 Å². The minimum atomic E-state index is 0.00565. The van der Waals surface area contributed by atoms with Gasteiger partial charge in [-0.05, 0) is 43.4 Å². The lowest BCUT2D eigenvalue weighted by atomic mass is 10.1. The summed E-state index contributed by atoms with van der Waals surface area (Å²) in [6.07, 6.45) is 3.18. The van der Waals surface area contributed by atoms with Gasteiger partial charge in [-0.1, -0.05) is 13.8 Å². The molecule has 4 nitrogen and oxygen atoms in total. The van der Waals surface area contributed by atoms with Gasteiger partial charge in [-0.15, -0.1) is 0 Å². The lowest BCUT2D eigenvalue weighted by Crippen LogP contribution is -2.34. The molecule has 2 rings (SSSR count). The van der Waals surface area contributed by atoms with Crippen LogP contribution in [0, 0.1) is 5.92 Å². The number of ether oxygens (including phenoxy) is 1. The first-order valence-electron chi connectivity index (χ1n) is 7.21. The molecule has 0 bridgehead atoms. The molecular formula is C16H23NO3. The van der Waals surface area contributed by atoms with Crippen LogP contribution in [0.25, 0.3) is 0 Å². The van der Waals surface area contributed by atoms with Gasteiger partial charge in [0.25, 0.3) is 5.91 Å². The molecule has 1 amide bonds. The van der Waals surface area contributed by atoms with E-state index in [1.807, 2.05) is 4.90 Å². The summed E-state index contributed by atoms with van der Waals surface area (Å²) in [5.74, 6) is 0.985. The van der Waals surface area contributed by atoms with Crippen LogP contribution in [0.15, 0.2) is 18.2 Å². The summed E-state index contributed by atoms with van der Waals surface area (Å²) in [5, 5.41) is 9.80. The number of amides is 1. The van der Waals surface area contributed by atoms with Crippen LogP contribution in [-0.2, 0) is 0 Å². The zero-order chi connectivity index (χ0) is 14.7. The summed E-state index contributed by atoms with van der Waals surface area (Å²) in [6, 6.07) is 5.22. The predicted octanol–water partition coefficient (Wildman–Crippen LogP) is 3.05. The van der Waals surface area contributed by atoms with Gasteiger partial charge in [0.05, 0.1) is 7.11 Å². The van der Waals surface area contributed by atoms with Gasteiger partial charge >= 0.3 is 0 Å². The zero-order valence-electron chi connectivity index (χ0n) is 12.4. The zero-order valence-corrected chi connectivity index (χ0v) is 12.4. The fourth-order valence-electron chi connectivity index (χ4n) is 2.22. The van der Waals surface area contributed by atoms with E-state index in [0.717, 1.165) is 25.8 Å². The highest BCUT2D eigenvalue weighted by atomic mass is 16.5. The second kappa shape index (κ2) is 6.16. The Balaban J connectivity index is 2.12. The normalized spacial score (nSPS) is 14.4. The fourth-order valence-corrected chi connectivity index (χ4v) is 2.22. The number of methoxy groups -OCH3 is 1. The molecule has 1 aliphatic carbocycles. The Kier molecular flexibility index (Phi) is 4.53. The van der Waals surface area contributed by atoms with E-state index < -0.39 is 0 Å². The third-order valence-electron chi connectivity index (χ3n) is 3.62. The quantitative estimate of drug-likeness (QED) is 0.869. The first-order valence-corrected chi connectivity index (χ1v) is 7.21. The molecule has 4 heteroatoms. The van der Waals surface area contributed by atoms with E-state index >= 15 is 0 Å². The van der Waals surface area contributed by atoms with Crippen LogP contribution in [0.2, 0.25) is 0 Å². The van der Waals surface area contributed by atoms with Gasteiger partial charge in [0.2, 0.25) is 0 Å². The molecule has 0 heterocycles. The molecule has 0 aromatic heterocycles. The number of phenols is 1.